The van der Waals surface area contributed by atoms with E-state index in [1.54, 1.807) is 0 Å². The van der Waals surface area contributed by atoms with Crippen LogP contribution in [-0.2, 0) is 13.2 Å². The largest absolute Gasteiger partial charge is 0.487 e. The third kappa shape index (κ3) is 4.87. The number of para-hydroxylation sites is 2. The summed E-state index contributed by atoms with van der Waals surface area (Å²) in [5.41, 5.74) is 4.82. The van der Waals surface area contributed by atoms with Crippen LogP contribution >= 0.6 is 0 Å². The molecule has 3 rings (SSSR count). The van der Waals surface area contributed by atoms with Gasteiger partial charge in [0.2, 0.25) is 0 Å². The molecule has 0 aromatic heterocycles. The molecular weight excluding hydrogens is 306 g/mol. The van der Waals surface area contributed by atoms with Crippen LogP contribution in [0.25, 0.3) is 0 Å². The molecule has 0 aliphatic heterocycles. The third-order valence-electron chi connectivity index (χ3n) is 4.25. The van der Waals surface area contributed by atoms with Crippen LogP contribution in [0.5, 0.6) is 5.75 Å². The molecule has 2 nitrogen and oxygen atoms in total. The molecule has 0 bridgehead atoms. The van der Waals surface area contributed by atoms with Crippen LogP contribution in [-0.4, -0.2) is 0 Å². The smallest absolute Gasteiger partial charge is 0.142 e. The van der Waals surface area contributed by atoms with E-state index in [4.69, 9.17) is 4.74 Å². The predicted octanol–water partition coefficient (Wildman–Crippen LogP) is 6.00. The van der Waals surface area contributed by atoms with Gasteiger partial charge in [-0.2, -0.15) is 0 Å². The highest BCUT2D eigenvalue weighted by Gasteiger charge is 2.04. The van der Waals surface area contributed by atoms with Crippen molar-refractivity contribution in [1.29, 1.82) is 0 Å². The summed E-state index contributed by atoms with van der Waals surface area (Å²) in [4.78, 5) is 0. The van der Waals surface area contributed by atoms with Gasteiger partial charge in [0.15, 0.2) is 0 Å². The van der Waals surface area contributed by atoms with E-state index in [2.05, 4.69) is 61.6 Å². The highest BCUT2D eigenvalue weighted by atomic mass is 16.5. The Bertz CT molecular complexity index is 779. The van der Waals surface area contributed by atoms with E-state index in [-0.39, 0.29) is 0 Å². The van der Waals surface area contributed by atoms with Crippen LogP contribution < -0.4 is 10.1 Å². The lowest BCUT2D eigenvalue weighted by Crippen LogP contribution is -2.03. The Morgan fingerprint density at radius 1 is 0.760 bits per heavy atom. The number of hydrogen-bond acceptors (Lipinski definition) is 2. The first-order valence-electron chi connectivity index (χ1n) is 8.81. The molecule has 2 heteroatoms. The fourth-order valence-corrected chi connectivity index (χ4v) is 2.69. The second kappa shape index (κ2) is 8.39. The minimum absolute atomic E-state index is 0.564. The van der Waals surface area contributed by atoms with Crippen molar-refractivity contribution in [3.63, 3.8) is 0 Å². The van der Waals surface area contributed by atoms with Crippen LogP contribution in [0.2, 0.25) is 0 Å². The summed E-state index contributed by atoms with van der Waals surface area (Å²) in [7, 11) is 0. The van der Waals surface area contributed by atoms with Crippen LogP contribution in [0.15, 0.2) is 78.9 Å². The molecule has 0 amide bonds. The molecule has 0 atom stereocenters. The summed E-state index contributed by atoms with van der Waals surface area (Å²) in [5.74, 6) is 1.44. The van der Waals surface area contributed by atoms with E-state index in [1.165, 1.54) is 16.7 Å². The fourth-order valence-electron chi connectivity index (χ4n) is 2.69. The van der Waals surface area contributed by atoms with Gasteiger partial charge in [-0.05, 0) is 34.7 Å². The molecule has 0 unspecified atom stereocenters. The van der Waals surface area contributed by atoms with E-state index in [0.29, 0.717) is 12.5 Å². The molecule has 3 aromatic rings. The van der Waals surface area contributed by atoms with Crippen LogP contribution in [0, 0.1) is 0 Å². The zero-order valence-electron chi connectivity index (χ0n) is 14.9. The standard InChI is InChI=1S/C23H25NO/c1-18(2)21-14-12-19(13-15-21)16-24-22-10-6-7-11-23(22)25-17-20-8-4-3-5-9-20/h3-15,18,24H,16-17H2,1-2H3. The molecule has 0 saturated carbocycles. The van der Waals surface area contributed by atoms with Gasteiger partial charge >= 0.3 is 0 Å². The lowest BCUT2D eigenvalue weighted by atomic mass is 10.0. The van der Waals surface area contributed by atoms with Crippen LogP contribution in [0.3, 0.4) is 0 Å². The zero-order chi connectivity index (χ0) is 17.5. The quantitative estimate of drug-likeness (QED) is 0.573. The van der Waals surface area contributed by atoms with E-state index in [1.807, 2.05) is 36.4 Å². The molecule has 3 aromatic carbocycles. The second-order valence-electron chi connectivity index (χ2n) is 6.52. The topological polar surface area (TPSA) is 21.3 Å². The number of hydrogen-bond donors (Lipinski definition) is 1. The third-order valence-corrected chi connectivity index (χ3v) is 4.25. The van der Waals surface area contributed by atoms with Crippen molar-refractivity contribution in [1.82, 2.24) is 0 Å². The highest BCUT2D eigenvalue weighted by molar-refractivity contribution is 5.56. The van der Waals surface area contributed by atoms with Gasteiger partial charge in [-0.1, -0.05) is 80.6 Å². The second-order valence-corrected chi connectivity index (χ2v) is 6.52. The maximum atomic E-state index is 6.00. The van der Waals surface area contributed by atoms with Crippen LogP contribution in [0.1, 0.15) is 36.5 Å². The van der Waals surface area contributed by atoms with Crippen molar-refractivity contribution < 1.29 is 4.74 Å². The van der Waals surface area contributed by atoms with Crippen molar-refractivity contribution >= 4 is 5.69 Å². The van der Waals surface area contributed by atoms with E-state index >= 15 is 0 Å². The molecule has 128 valence electrons. The minimum atomic E-state index is 0.564. The van der Waals surface area contributed by atoms with Gasteiger partial charge in [0.05, 0.1) is 5.69 Å². The molecule has 0 radical (unpaired) electrons. The van der Waals surface area contributed by atoms with Crippen molar-refractivity contribution in [2.24, 2.45) is 0 Å². The van der Waals surface area contributed by atoms with Gasteiger partial charge in [-0.15, -0.1) is 0 Å². The van der Waals surface area contributed by atoms with E-state index in [9.17, 15) is 0 Å². The van der Waals surface area contributed by atoms with Crippen LogP contribution in [0.4, 0.5) is 5.69 Å². The van der Waals surface area contributed by atoms with Gasteiger partial charge in [0, 0.05) is 6.54 Å². The summed E-state index contributed by atoms with van der Waals surface area (Å²) in [6, 6.07) is 27.1. The number of nitrogens with one attached hydrogen (secondary N) is 1. The molecule has 0 aliphatic rings. The molecular formula is C23H25NO. The van der Waals surface area contributed by atoms with Gasteiger partial charge in [0.1, 0.15) is 12.4 Å². The van der Waals surface area contributed by atoms with E-state index < -0.39 is 0 Å². The summed E-state index contributed by atoms with van der Waals surface area (Å²) >= 11 is 0. The monoisotopic (exact) mass is 331 g/mol. The van der Waals surface area contributed by atoms with Gasteiger partial charge in [-0.25, -0.2) is 0 Å². The molecule has 1 N–H and O–H groups in total. The summed E-state index contributed by atoms with van der Waals surface area (Å²) < 4.78 is 6.00. The Labute approximate surface area is 150 Å². The van der Waals surface area contributed by atoms with Gasteiger partial charge < -0.3 is 10.1 Å². The maximum Gasteiger partial charge on any atom is 0.142 e. The average Bonchev–Trinajstić information content (AvgIpc) is 2.66. The number of anilines is 1. The number of ether oxygens (including phenoxy) is 1. The lowest BCUT2D eigenvalue weighted by Gasteiger charge is -2.14. The molecule has 25 heavy (non-hydrogen) atoms. The molecule has 0 spiro atoms. The zero-order valence-corrected chi connectivity index (χ0v) is 14.9. The fraction of sp³-hybridized carbons (Fsp3) is 0.217. The summed E-state index contributed by atoms with van der Waals surface area (Å²) in [5, 5.41) is 3.49. The lowest BCUT2D eigenvalue weighted by molar-refractivity contribution is 0.307. The van der Waals surface area contributed by atoms with Crippen molar-refractivity contribution in [2.45, 2.75) is 32.9 Å². The van der Waals surface area contributed by atoms with E-state index in [0.717, 1.165) is 18.0 Å². The average molecular weight is 331 g/mol. The highest BCUT2D eigenvalue weighted by Crippen LogP contribution is 2.25. The Hall–Kier alpha value is -2.74. The summed E-state index contributed by atoms with van der Waals surface area (Å²) in [6.07, 6.45) is 0. The number of rotatable bonds is 7. The molecule has 0 aliphatic carbocycles. The first-order valence-corrected chi connectivity index (χ1v) is 8.81. The van der Waals surface area contributed by atoms with Crippen molar-refractivity contribution in [3.8, 4) is 5.75 Å². The minimum Gasteiger partial charge on any atom is -0.487 e. The first kappa shape index (κ1) is 17.1. The Morgan fingerprint density at radius 3 is 2.16 bits per heavy atom. The molecule has 0 heterocycles. The Kier molecular flexibility index (Phi) is 5.73. The Balaban J connectivity index is 1.62. The van der Waals surface area contributed by atoms with Crippen molar-refractivity contribution in [3.05, 3.63) is 95.6 Å². The molecule has 0 fully saturated rings. The summed E-state index contributed by atoms with van der Waals surface area (Å²) in [6.45, 7) is 5.79. The van der Waals surface area contributed by atoms with Gasteiger partial charge in [0.25, 0.3) is 0 Å². The SMILES string of the molecule is CC(C)c1ccc(CNc2ccccc2OCc2ccccc2)cc1. The first-order chi connectivity index (χ1) is 12.2. The normalized spacial score (nSPS) is 10.7. The van der Waals surface area contributed by atoms with Gasteiger partial charge in [-0.3, -0.25) is 0 Å². The predicted molar refractivity (Wildman–Crippen MR) is 105 cm³/mol. The maximum absolute atomic E-state index is 6.00. The Morgan fingerprint density at radius 2 is 1.44 bits per heavy atom. The molecule has 0 saturated heterocycles. The number of benzene rings is 3. The van der Waals surface area contributed by atoms with Crippen molar-refractivity contribution in [2.75, 3.05) is 5.32 Å².